The molecule has 0 aliphatic heterocycles. The largest absolute Gasteiger partial charge is 0.476 e. The molecule has 1 heterocycles. The molecule has 3 rings (SSSR count). The summed E-state index contributed by atoms with van der Waals surface area (Å²) in [5.74, 6) is 0.153. The number of carbonyl (C=O) groups is 2. The van der Waals surface area contributed by atoms with Crippen molar-refractivity contribution in [2.75, 3.05) is 7.11 Å². The van der Waals surface area contributed by atoms with E-state index in [1.54, 1.807) is 19.9 Å². The van der Waals surface area contributed by atoms with Gasteiger partial charge >= 0.3 is 5.97 Å². The number of carbonyl (C=O) groups excluding carboxylic acids is 2. The summed E-state index contributed by atoms with van der Waals surface area (Å²) >= 11 is 6.26. The Kier molecular flexibility index (Phi) is 6.65. The van der Waals surface area contributed by atoms with Gasteiger partial charge < -0.3 is 9.47 Å². The number of nitrogens with zero attached hydrogens (tertiary/aromatic N) is 1. The zero-order valence-electron chi connectivity index (χ0n) is 18.4. The smallest absolute Gasteiger partial charge is 0.349 e. The van der Waals surface area contributed by atoms with E-state index >= 15 is 0 Å². The molecule has 0 aliphatic rings. The number of ketones is 1. The number of Topliss-reactive ketones (excluding diaryl/α,β-unsaturated/α-hetero) is 1. The summed E-state index contributed by atoms with van der Waals surface area (Å²) < 4.78 is 10.8. The summed E-state index contributed by atoms with van der Waals surface area (Å²) in [6, 6.07) is 13.3. The van der Waals surface area contributed by atoms with Crippen LogP contribution in [0.25, 0.3) is 10.9 Å². The number of benzene rings is 2. The monoisotopic (exact) mass is 439 g/mol. The molecule has 6 heteroatoms. The van der Waals surface area contributed by atoms with Crippen molar-refractivity contribution in [2.24, 2.45) is 0 Å². The maximum absolute atomic E-state index is 12.8. The Balaban J connectivity index is 1.76. The van der Waals surface area contributed by atoms with Crippen LogP contribution in [0.5, 0.6) is 5.75 Å². The molecular formula is C25H26ClNO4. The van der Waals surface area contributed by atoms with Crippen LogP contribution in [0.2, 0.25) is 5.15 Å². The topological polar surface area (TPSA) is 65.5 Å². The number of halogens is 1. The van der Waals surface area contributed by atoms with Crippen LogP contribution in [-0.4, -0.2) is 29.4 Å². The van der Waals surface area contributed by atoms with Crippen LogP contribution in [0.4, 0.5) is 0 Å². The maximum atomic E-state index is 12.8. The van der Waals surface area contributed by atoms with E-state index in [1.165, 1.54) is 7.11 Å². The molecule has 162 valence electrons. The first kappa shape index (κ1) is 22.8. The highest BCUT2D eigenvalue weighted by Gasteiger charge is 2.32. The standard InChI is InChI=1S/C25H26ClNO4/c1-15-12-17(13-16(2)22(15)31-25(3,4)24(29)30-5)10-11-21(28)19-14-18-8-6-7-9-20(18)27-23(19)26/h6-9,12-14H,10-11H2,1-5H3. The van der Waals surface area contributed by atoms with E-state index in [1.807, 2.05) is 50.2 Å². The molecule has 0 radical (unpaired) electrons. The van der Waals surface area contributed by atoms with Crippen molar-refractivity contribution in [3.8, 4) is 5.75 Å². The number of hydrogen-bond donors (Lipinski definition) is 0. The predicted molar refractivity (Wildman–Crippen MR) is 122 cm³/mol. The van der Waals surface area contributed by atoms with Gasteiger partial charge in [-0.25, -0.2) is 9.78 Å². The van der Waals surface area contributed by atoms with Gasteiger partial charge in [-0.15, -0.1) is 0 Å². The minimum absolute atomic E-state index is 0.0503. The van der Waals surface area contributed by atoms with Crippen LogP contribution in [-0.2, 0) is 16.0 Å². The van der Waals surface area contributed by atoms with Crippen LogP contribution in [0.3, 0.4) is 0 Å². The SMILES string of the molecule is COC(=O)C(C)(C)Oc1c(C)cc(CCC(=O)c2cc3ccccc3nc2Cl)cc1C. The third-order valence-corrected chi connectivity index (χ3v) is 5.46. The summed E-state index contributed by atoms with van der Waals surface area (Å²) in [5, 5.41) is 1.11. The molecule has 0 atom stereocenters. The Hall–Kier alpha value is -2.92. The molecule has 0 saturated heterocycles. The second-order valence-electron chi connectivity index (χ2n) is 8.11. The van der Waals surface area contributed by atoms with Crippen LogP contribution in [0.15, 0.2) is 42.5 Å². The molecule has 5 nitrogen and oxygen atoms in total. The maximum Gasteiger partial charge on any atom is 0.349 e. The van der Waals surface area contributed by atoms with Gasteiger partial charge in [0.15, 0.2) is 11.4 Å². The summed E-state index contributed by atoms with van der Waals surface area (Å²) in [4.78, 5) is 29.1. The number of aryl methyl sites for hydroxylation is 3. The Bertz CT molecular complexity index is 1130. The first-order valence-electron chi connectivity index (χ1n) is 10.1. The predicted octanol–water partition coefficient (Wildman–Crippen LogP) is 5.65. The van der Waals surface area contributed by atoms with Gasteiger partial charge in [-0.2, -0.15) is 0 Å². The van der Waals surface area contributed by atoms with Gasteiger partial charge in [0.05, 0.1) is 18.2 Å². The second kappa shape index (κ2) is 9.06. The highest BCUT2D eigenvalue weighted by molar-refractivity contribution is 6.33. The van der Waals surface area contributed by atoms with Crippen molar-refractivity contribution < 1.29 is 19.1 Å². The van der Waals surface area contributed by atoms with E-state index < -0.39 is 11.6 Å². The molecule has 0 N–H and O–H groups in total. The van der Waals surface area contributed by atoms with Crippen molar-refractivity contribution in [2.45, 2.75) is 46.1 Å². The Morgan fingerprint density at radius 3 is 2.35 bits per heavy atom. The normalized spacial score (nSPS) is 11.4. The molecule has 31 heavy (non-hydrogen) atoms. The van der Waals surface area contributed by atoms with Gasteiger partial charge in [0, 0.05) is 11.8 Å². The van der Waals surface area contributed by atoms with Gasteiger partial charge in [0.1, 0.15) is 10.9 Å². The van der Waals surface area contributed by atoms with Crippen LogP contribution < -0.4 is 4.74 Å². The van der Waals surface area contributed by atoms with Gasteiger partial charge in [-0.3, -0.25) is 4.79 Å². The molecule has 0 aliphatic carbocycles. The minimum atomic E-state index is -1.10. The summed E-state index contributed by atoms with van der Waals surface area (Å²) in [6.07, 6.45) is 0.872. The first-order valence-corrected chi connectivity index (χ1v) is 10.5. The van der Waals surface area contributed by atoms with E-state index in [0.29, 0.717) is 24.2 Å². The number of rotatable bonds is 7. The van der Waals surface area contributed by atoms with Crippen LogP contribution in [0.1, 0.15) is 47.3 Å². The lowest BCUT2D eigenvalue weighted by atomic mass is 9.98. The third kappa shape index (κ3) is 5.05. The Morgan fingerprint density at radius 1 is 1.06 bits per heavy atom. The molecule has 0 saturated carbocycles. The van der Waals surface area contributed by atoms with E-state index in [4.69, 9.17) is 21.1 Å². The van der Waals surface area contributed by atoms with Crippen molar-refractivity contribution in [1.82, 2.24) is 4.98 Å². The lowest BCUT2D eigenvalue weighted by Crippen LogP contribution is -2.39. The van der Waals surface area contributed by atoms with Crippen LogP contribution >= 0.6 is 11.6 Å². The molecule has 0 fully saturated rings. The zero-order valence-corrected chi connectivity index (χ0v) is 19.2. The number of esters is 1. The summed E-state index contributed by atoms with van der Waals surface area (Å²) in [5.41, 5.74) is 2.90. The Labute approximate surface area is 187 Å². The van der Waals surface area contributed by atoms with E-state index in [9.17, 15) is 9.59 Å². The average Bonchev–Trinajstić information content (AvgIpc) is 2.73. The van der Waals surface area contributed by atoms with Gasteiger partial charge in [-0.1, -0.05) is 41.9 Å². The third-order valence-electron chi connectivity index (χ3n) is 5.17. The van der Waals surface area contributed by atoms with Gasteiger partial charge in [0.2, 0.25) is 0 Å². The minimum Gasteiger partial charge on any atom is -0.476 e. The lowest BCUT2D eigenvalue weighted by Gasteiger charge is -2.26. The first-order chi connectivity index (χ1) is 14.6. The molecule has 0 spiro atoms. The highest BCUT2D eigenvalue weighted by atomic mass is 35.5. The fourth-order valence-corrected chi connectivity index (χ4v) is 3.82. The molecular weight excluding hydrogens is 414 g/mol. The summed E-state index contributed by atoms with van der Waals surface area (Å²) in [7, 11) is 1.34. The van der Waals surface area contributed by atoms with Gasteiger partial charge in [0.25, 0.3) is 0 Å². The molecule has 0 unspecified atom stereocenters. The second-order valence-corrected chi connectivity index (χ2v) is 8.46. The number of ether oxygens (including phenoxy) is 2. The summed E-state index contributed by atoms with van der Waals surface area (Å²) in [6.45, 7) is 7.19. The number of hydrogen-bond acceptors (Lipinski definition) is 5. The fourth-order valence-electron chi connectivity index (χ4n) is 3.57. The van der Waals surface area contributed by atoms with Gasteiger partial charge in [-0.05, 0) is 62.9 Å². The number of aromatic nitrogens is 1. The molecule has 3 aromatic rings. The van der Waals surface area contributed by atoms with E-state index in [2.05, 4.69) is 4.98 Å². The quantitative estimate of drug-likeness (QED) is 0.270. The fraction of sp³-hybridized carbons (Fsp3) is 0.320. The lowest BCUT2D eigenvalue weighted by molar-refractivity contribution is -0.156. The number of fused-ring (bicyclic) bond motifs is 1. The van der Waals surface area contributed by atoms with E-state index in [-0.39, 0.29) is 10.9 Å². The average molecular weight is 440 g/mol. The highest BCUT2D eigenvalue weighted by Crippen LogP contribution is 2.30. The molecule has 1 aromatic heterocycles. The van der Waals surface area contributed by atoms with Crippen molar-refractivity contribution in [3.63, 3.8) is 0 Å². The number of methoxy groups -OCH3 is 1. The number of pyridine rings is 1. The van der Waals surface area contributed by atoms with Crippen molar-refractivity contribution in [1.29, 1.82) is 0 Å². The number of para-hydroxylation sites is 1. The zero-order chi connectivity index (χ0) is 22.8. The molecule has 2 aromatic carbocycles. The van der Waals surface area contributed by atoms with Crippen molar-refractivity contribution >= 4 is 34.3 Å². The van der Waals surface area contributed by atoms with Crippen molar-refractivity contribution in [3.05, 3.63) is 69.9 Å². The van der Waals surface area contributed by atoms with Crippen LogP contribution in [0, 0.1) is 13.8 Å². The molecule has 0 amide bonds. The van der Waals surface area contributed by atoms with E-state index in [0.717, 1.165) is 27.6 Å². The Morgan fingerprint density at radius 2 is 1.71 bits per heavy atom. The molecule has 0 bridgehead atoms.